The van der Waals surface area contributed by atoms with Crippen LogP contribution in [0.15, 0.2) is 35.3 Å². The zero-order valence-electron chi connectivity index (χ0n) is 19.8. The first-order chi connectivity index (χ1) is 16.8. The highest BCUT2D eigenvalue weighted by Crippen LogP contribution is 2.29. The summed E-state index contributed by atoms with van der Waals surface area (Å²) in [4.78, 5) is 35.9. The number of nitrogens with zero attached hydrogens (tertiary/aromatic N) is 4. The molecular formula is C24H28ClIN6O3. The summed E-state index contributed by atoms with van der Waals surface area (Å²) in [6, 6.07) is 7.22. The van der Waals surface area contributed by atoms with Crippen LogP contribution in [0.3, 0.4) is 0 Å². The van der Waals surface area contributed by atoms with E-state index in [2.05, 4.69) is 48.1 Å². The SMILES string of the molecule is CNC(=O)COc1cc2cc(Nc3nc(N4CCC(I)CC4)ncc3Cl)ccc2n(C(C)C)c1=O. The maximum absolute atomic E-state index is 13.0. The molecule has 3 aromatic rings. The number of rotatable bonds is 7. The summed E-state index contributed by atoms with van der Waals surface area (Å²) in [5.74, 6) is 0.973. The summed E-state index contributed by atoms with van der Waals surface area (Å²) in [5.41, 5.74) is 1.23. The molecule has 1 aliphatic rings. The monoisotopic (exact) mass is 610 g/mol. The molecular weight excluding hydrogens is 583 g/mol. The van der Waals surface area contributed by atoms with Crippen LogP contribution >= 0.6 is 34.2 Å². The second-order valence-electron chi connectivity index (χ2n) is 8.67. The van der Waals surface area contributed by atoms with Gasteiger partial charge in [0, 0.05) is 41.2 Å². The Kier molecular flexibility index (Phi) is 8.00. The van der Waals surface area contributed by atoms with Gasteiger partial charge in [-0.2, -0.15) is 4.98 Å². The number of hydrogen-bond acceptors (Lipinski definition) is 7. The Morgan fingerprint density at radius 3 is 2.71 bits per heavy atom. The molecule has 1 amide bonds. The van der Waals surface area contributed by atoms with Crippen LogP contribution in [0.5, 0.6) is 5.75 Å². The highest BCUT2D eigenvalue weighted by molar-refractivity contribution is 14.1. The zero-order valence-corrected chi connectivity index (χ0v) is 22.8. The van der Waals surface area contributed by atoms with Crippen LogP contribution in [0.25, 0.3) is 10.9 Å². The molecule has 1 aliphatic heterocycles. The summed E-state index contributed by atoms with van der Waals surface area (Å²) in [6.07, 6.45) is 3.81. The molecule has 0 spiro atoms. The highest BCUT2D eigenvalue weighted by Gasteiger charge is 2.20. The van der Waals surface area contributed by atoms with Crippen molar-refractivity contribution in [2.45, 2.75) is 36.7 Å². The van der Waals surface area contributed by atoms with Crippen LogP contribution in [0, 0.1) is 0 Å². The number of benzene rings is 1. The lowest BCUT2D eigenvalue weighted by Gasteiger charge is -2.29. The first kappa shape index (κ1) is 25.5. The van der Waals surface area contributed by atoms with Gasteiger partial charge < -0.3 is 24.8 Å². The van der Waals surface area contributed by atoms with Gasteiger partial charge in [0.05, 0.1) is 11.7 Å². The average molecular weight is 611 g/mol. The normalized spacial score (nSPS) is 14.4. The van der Waals surface area contributed by atoms with Crippen LogP contribution in [0.2, 0.25) is 5.02 Å². The number of halogens is 2. The number of nitrogens with one attached hydrogen (secondary N) is 2. The van der Waals surface area contributed by atoms with E-state index in [4.69, 9.17) is 16.3 Å². The number of piperidine rings is 1. The zero-order chi connectivity index (χ0) is 25.1. The van der Waals surface area contributed by atoms with Gasteiger partial charge in [0.25, 0.3) is 11.5 Å². The molecule has 0 saturated carbocycles. The molecule has 2 N–H and O–H groups in total. The number of anilines is 3. The number of amides is 1. The minimum Gasteiger partial charge on any atom is -0.478 e. The Morgan fingerprint density at radius 1 is 1.29 bits per heavy atom. The molecule has 0 aliphatic carbocycles. The van der Waals surface area contributed by atoms with Gasteiger partial charge in [-0.25, -0.2) is 4.98 Å². The molecule has 186 valence electrons. The Bertz CT molecular complexity index is 1290. The number of hydrogen-bond donors (Lipinski definition) is 2. The number of ether oxygens (including phenoxy) is 1. The molecule has 3 heterocycles. The number of alkyl halides is 1. The van der Waals surface area contributed by atoms with E-state index in [0.717, 1.165) is 42.5 Å². The fourth-order valence-electron chi connectivity index (χ4n) is 4.01. The summed E-state index contributed by atoms with van der Waals surface area (Å²) in [5, 5.41) is 6.98. The third-order valence-corrected chi connectivity index (χ3v) is 7.38. The van der Waals surface area contributed by atoms with E-state index in [1.54, 1.807) is 16.8 Å². The Labute approximate surface area is 222 Å². The van der Waals surface area contributed by atoms with E-state index >= 15 is 0 Å². The van der Waals surface area contributed by atoms with E-state index in [-0.39, 0.29) is 29.9 Å². The molecule has 0 radical (unpaired) electrons. The second-order valence-corrected chi connectivity index (χ2v) is 10.8. The van der Waals surface area contributed by atoms with E-state index in [9.17, 15) is 9.59 Å². The standard InChI is InChI=1S/C24H28ClIN6O3/c1-14(2)32-19-5-4-17(10-15(19)11-20(23(32)34)35-13-21(33)27-3)29-22-18(25)12-28-24(30-22)31-8-6-16(26)7-9-31/h4-5,10-12,14,16H,6-9,13H2,1-3H3,(H,27,33)(H,28,29,30). The Morgan fingerprint density at radius 2 is 2.03 bits per heavy atom. The predicted octanol–water partition coefficient (Wildman–Crippen LogP) is 4.30. The third-order valence-electron chi connectivity index (χ3n) is 5.86. The van der Waals surface area contributed by atoms with Crippen molar-refractivity contribution in [1.82, 2.24) is 19.9 Å². The number of pyridine rings is 1. The van der Waals surface area contributed by atoms with E-state index in [0.29, 0.717) is 20.7 Å². The van der Waals surface area contributed by atoms with Crippen molar-refractivity contribution in [3.8, 4) is 5.75 Å². The van der Waals surface area contributed by atoms with Crippen molar-refractivity contribution >= 4 is 68.5 Å². The van der Waals surface area contributed by atoms with Crippen molar-refractivity contribution in [3.05, 3.63) is 45.8 Å². The lowest BCUT2D eigenvalue weighted by atomic mass is 10.1. The van der Waals surface area contributed by atoms with Gasteiger partial charge in [-0.05, 0) is 51.0 Å². The molecule has 2 aromatic heterocycles. The topological polar surface area (TPSA) is 101 Å². The van der Waals surface area contributed by atoms with Crippen LogP contribution in [0.1, 0.15) is 32.7 Å². The maximum atomic E-state index is 13.0. The minimum atomic E-state index is -0.312. The van der Waals surface area contributed by atoms with Gasteiger partial charge in [0.15, 0.2) is 18.2 Å². The maximum Gasteiger partial charge on any atom is 0.293 e. The lowest BCUT2D eigenvalue weighted by Crippen LogP contribution is -2.35. The summed E-state index contributed by atoms with van der Waals surface area (Å²) in [7, 11) is 1.52. The third kappa shape index (κ3) is 5.80. The molecule has 0 bridgehead atoms. The fraction of sp³-hybridized carbons (Fsp3) is 0.417. The summed E-state index contributed by atoms with van der Waals surface area (Å²) < 4.78 is 7.88. The second kappa shape index (κ2) is 11.0. The van der Waals surface area contributed by atoms with Crippen LogP contribution < -0.4 is 25.8 Å². The van der Waals surface area contributed by atoms with Gasteiger partial charge in [-0.3, -0.25) is 9.59 Å². The molecule has 1 fully saturated rings. The minimum absolute atomic E-state index is 0.0992. The number of carbonyl (C=O) groups is 1. The van der Waals surface area contributed by atoms with E-state index < -0.39 is 0 Å². The number of carbonyl (C=O) groups excluding carboxylic acids is 1. The molecule has 35 heavy (non-hydrogen) atoms. The van der Waals surface area contributed by atoms with Crippen molar-refractivity contribution in [1.29, 1.82) is 0 Å². The predicted molar refractivity (Wildman–Crippen MR) is 148 cm³/mol. The van der Waals surface area contributed by atoms with Gasteiger partial charge in [0.1, 0.15) is 5.02 Å². The van der Waals surface area contributed by atoms with Crippen molar-refractivity contribution in [2.75, 3.05) is 37.0 Å². The summed E-state index contributed by atoms with van der Waals surface area (Å²) >= 11 is 8.90. The molecule has 0 unspecified atom stereocenters. The Hall–Kier alpha value is -2.60. The molecule has 4 rings (SSSR count). The molecule has 9 nitrogen and oxygen atoms in total. The van der Waals surface area contributed by atoms with Crippen LogP contribution in [-0.4, -0.2) is 51.1 Å². The van der Waals surface area contributed by atoms with Crippen molar-refractivity contribution < 1.29 is 9.53 Å². The lowest BCUT2D eigenvalue weighted by molar-refractivity contribution is -0.122. The smallest absolute Gasteiger partial charge is 0.293 e. The van der Waals surface area contributed by atoms with Gasteiger partial charge >= 0.3 is 0 Å². The number of fused-ring (bicyclic) bond motifs is 1. The first-order valence-corrected chi connectivity index (χ1v) is 13.1. The average Bonchev–Trinajstić information content (AvgIpc) is 2.84. The Balaban J connectivity index is 1.66. The highest BCUT2D eigenvalue weighted by atomic mass is 127. The van der Waals surface area contributed by atoms with Crippen molar-refractivity contribution in [2.24, 2.45) is 0 Å². The molecule has 11 heteroatoms. The largest absolute Gasteiger partial charge is 0.478 e. The van der Waals surface area contributed by atoms with E-state index in [1.807, 2.05) is 32.0 Å². The quantitative estimate of drug-likeness (QED) is 0.304. The van der Waals surface area contributed by atoms with Gasteiger partial charge in [-0.1, -0.05) is 34.2 Å². The number of aromatic nitrogens is 3. The molecule has 1 aromatic carbocycles. The van der Waals surface area contributed by atoms with Gasteiger partial charge in [0.2, 0.25) is 5.95 Å². The number of likely N-dealkylation sites (N-methyl/N-ethyl adjacent to an activating group) is 1. The fourth-order valence-corrected chi connectivity index (χ4v) is 4.71. The van der Waals surface area contributed by atoms with Gasteiger partial charge in [-0.15, -0.1) is 0 Å². The van der Waals surface area contributed by atoms with Crippen LogP contribution in [0.4, 0.5) is 17.5 Å². The molecule has 1 saturated heterocycles. The molecule has 0 atom stereocenters. The van der Waals surface area contributed by atoms with Crippen molar-refractivity contribution in [3.63, 3.8) is 0 Å². The first-order valence-electron chi connectivity index (χ1n) is 11.5. The van der Waals surface area contributed by atoms with Crippen LogP contribution in [-0.2, 0) is 4.79 Å². The summed E-state index contributed by atoms with van der Waals surface area (Å²) in [6.45, 7) is 5.45. The van der Waals surface area contributed by atoms with E-state index in [1.165, 1.54) is 7.05 Å².